The molecule has 0 aromatic rings. The van der Waals surface area contributed by atoms with Crippen molar-refractivity contribution in [2.75, 3.05) is 12.4 Å². The van der Waals surface area contributed by atoms with E-state index in [0.29, 0.717) is 0 Å². The van der Waals surface area contributed by atoms with Gasteiger partial charge >= 0.3 is 0 Å². The van der Waals surface area contributed by atoms with E-state index < -0.39 is 53.7 Å². The normalized spacial score (nSPS) is 19.2. The van der Waals surface area contributed by atoms with E-state index in [1.165, 1.54) is 0 Å². The molecule has 9 heteroatoms. The molecule has 0 aromatic carbocycles. The van der Waals surface area contributed by atoms with E-state index in [0.717, 1.165) is 0 Å². The van der Waals surface area contributed by atoms with Crippen LogP contribution in [0.4, 0.5) is 22.0 Å². The maximum absolute atomic E-state index is 13.1. The first-order valence-electron chi connectivity index (χ1n) is 5.26. The molecule has 110 valence electrons. The summed E-state index contributed by atoms with van der Waals surface area (Å²) in [5, 5.41) is 0. The minimum Gasteiger partial charge on any atom is -0.285 e. The van der Waals surface area contributed by atoms with Crippen LogP contribution < -0.4 is 0 Å². The molecule has 3 nitrogen and oxygen atoms in total. The summed E-state index contributed by atoms with van der Waals surface area (Å²) in [5.74, 6) is -1.63. The largest absolute Gasteiger partial charge is 0.285 e. The second kappa shape index (κ2) is 7.88. The molecule has 0 aliphatic carbocycles. The third-order valence-corrected chi connectivity index (χ3v) is 2.97. The number of unbranched alkanes of at least 4 members (excludes halogenated alkanes) is 1. The van der Waals surface area contributed by atoms with Crippen LogP contribution >= 0.6 is 0 Å². The standard InChI is InChI=1S/C9H15F5O3S/c10-4-2-1-3-6(11)8(13)9(14)7(12)5-18(15,16)17/h6-9H,1-5H2,(H,15,16,17). The van der Waals surface area contributed by atoms with Crippen molar-refractivity contribution in [2.24, 2.45) is 0 Å². The van der Waals surface area contributed by atoms with E-state index in [-0.39, 0.29) is 12.8 Å². The Morgan fingerprint density at radius 3 is 1.89 bits per heavy atom. The van der Waals surface area contributed by atoms with Gasteiger partial charge < -0.3 is 0 Å². The van der Waals surface area contributed by atoms with Crippen LogP contribution in [0.3, 0.4) is 0 Å². The number of halogens is 5. The number of hydrogen-bond donors (Lipinski definition) is 1. The third kappa shape index (κ3) is 7.10. The monoisotopic (exact) mass is 298 g/mol. The molecule has 0 amide bonds. The van der Waals surface area contributed by atoms with Gasteiger partial charge in [-0.1, -0.05) is 0 Å². The third-order valence-electron chi connectivity index (χ3n) is 2.23. The van der Waals surface area contributed by atoms with Gasteiger partial charge in [-0.15, -0.1) is 0 Å². The van der Waals surface area contributed by atoms with Crippen molar-refractivity contribution in [1.29, 1.82) is 0 Å². The summed E-state index contributed by atoms with van der Waals surface area (Å²) in [6.45, 7) is -0.725. The highest BCUT2D eigenvalue weighted by molar-refractivity contribution is 7.85. The van der Waals surface area contributed by atoms with Gasteiger partial charge in [-0.05, 0) is 19.3 Å². The van der Waals surface area contributed by atoms with Crippen molar-refractivity contribution in [3.05, 3.63) is 0 Å². The van der Waals surface area contributed by atoms with Crippen molar-refractivity contribution in [3.63, 3.8) is 0 Å². The lowest BCUT2D eigenvalue weighted by Gasteiger charge is -2.19. The molecule has 0 radical (unpaired) electrons. The van der Waals surface area contributed by atoms with E-state index in [2.05, 4.69) is 0 Å². The van der Waals surface area contributed by atoms with Crippen LogP contribution in [0.1, 0.15) is 19.3 Å². The van der Waals surface area contributed by atoms with Crippen LogP contribution in [0.5, 0.6) is 0 Å². The zero-order chi connectivity index (χ0) is 14.3. The van der Waals surface area contributed by atoms with Crippen LogP contribution in [-0.2, 0) is 10.1 Å². The molecular formula is C9H15F5O3S. The minimum absolute atomic E-state index is 0.0197. The molecule has 0 spiro atoms. The van der Waals surface area contributed by atoms with Gasteiger partial charge in [0, 0.05) is 0 Å². The Balaban J connectivity index is 4.26. The number of hydrogen-bond acceptors (Lipinski definition) is 2. The SMILES string of the molecule is O=S(=O)(O)CC(F)C(F)C(F)C(F)CCCCF. The van der Waals surface area contributed by atoms with Crippen LogP contribution in [0.2, 0.25) is 0 Å². The summed E-state index contributed by atoms with van der Waals surface area (Å²) < 4.78 is 92.5. The summed E-state index contributed by atoms with van der Waals surface area (Å²) in [4.78, 5) is 0. The van der Waals surface area contributed by atoms with Crippen molar-refractivity contribution < 1.29 is 34.9 Å². The minimum atomic E-state index is -4.80. The topological polar surface area (TPSA) is 54.4 Å². The summed E-state index contributed by atoms with van der Waals surface area (Å²) in [6, 6.07) is 0. The first kappa shape index (κ1) is 17.6. The Morgan fingerprint density at radius 1 is 0.944 bits per heavy atom. The zero-order valence-electron chi connectivity index (χ0n) is 9.41. The van der Waals surface area contributed by atoms with Gasteiger partial charge in [-0.2, -0.15) is 8.42 Å². The second-order valence-electron chi connectivity index (χ2n) is 3.85. The number of rotatable bonds is 9. The molecule has 4 atom stereocenters. The predicted octanol–water partition coefficient (Wildman–Crippen LogP) is 2.37. The first-order chi connectivity index (χ1) is 8.19. The highest BCUT2D eigenvalue weighted by Gasteiger charge is 2.37. The molecule has 18 heavy (non-hydrogen) atoms. The molecule has 0 aromatic heterocycles. The van der Waals surface area contributed by atoms with Gasteiger partial charge in [0.2, 0.25) is 0 Å². The van der Waals surface area contributed by atoms with Crippen LogP contribution in [0, 0.1) is 0 Å². The first-order valence-corrected chi connectivity index (χ1v) is 6.87. The lowest BCUT2D eigenvalue weighted by atomic mass is 10.0. The van der Waals surface area contributed by atoms with Gasteiger partial charge in [0.15, 0.2) is 18.5 Å². The summed E-state index contributed by atoms with van der Waals surface area (Å²) in [5.41, 5.74) is 0. The van der Waals surface area contributed by atoms with Crippen molar-refractivity contribution in [2.45, 2.75) is 43.9 Å². The summed E-state index contributed by atoms with van der Waals surface area (Å²) in [7, 11) is -4.80. The Hall–Kier alpha value is -0.440. The van der Waals surface area contributed by atoms with E-state index in [1.807, 2.05) is 0 Å². The average molecular weight is 298 g/mol. The zero-order valence-corrected chi connectivity index (χ0v) is 10.2. The van der Waals surface area contributed by atoms with Gasteiger partial charge in [-0.3, -0.25) is 8.94 Å². The Kier molecular flexibility index (Phi) is 7.69. The molecule has 0 heterocycles. The fourth-order valence-corrected chi connectivity index (χ4v) is 1.87. The van der Waals surface area contributed by atoms with E-state index in [4.69, 9.17) is 4.55 Å². The smallest absolute Gasteiger partial charge is 0.267 e. The molecule has 0 fully saturated rings. The van der Waals surface area contributed by atoms with E-state index in [9.17, 15) is 30.4 Å². The molecule has 4 unspecified atom stereocenters. The molecular weight excluding hydrogens is 283 g/mol. The molecule has 0 saturated carbocycles. The van der Waals surface area contributed by atoms with Crippen molar-refractivity contribution in [1.82, 2.24) is 0 Å². The molecule has 0 bridgehead atoms. The highest BCUT2D eigenvalue weighted by Crippen LogP contribution is 2.21. The van der Waals surface area contributed by atoms with E-state index in [1.54, 1.807) is 0 Å². The summed E-state index contributed by atoms with van der Waals surface area (Å²) in [6.07, 6.45) is -11.6. The molecule has 0 aliphatic rings. The van der Waals surface area contributed by atoms with Crippen LogP contribution in [-0.4, -0.2) is 50.1 Å². The van der Waals surface area contributed by atoms with E-state index >= 15 is 0 Å². The van der Waals surface area contributed by atoms with Crippen LogP contribution in [0.25, 0.3) is 0 Å². The Labute approximate surface area is 102 Å². The molecule has 0 aliphatic heterocycles. The molecule has 0 saturated heterocycles. The fourth-order valence-electron chi connectivity index (χ4n) is 1.29. The lowest BCUT2D eigenvalue weighted by Crippen LogP contribution is -2.38. The predicted molar refractivity (Wildman–Crippen MR) is 55.8 cm³/mol. The van der Waals surface area contributed by atoms with Crippen molar-refractivity contribution in [3.8, 4) is 0 Å². The van der Waals surface area contributed by atoms with Crippen LogP contribution in [0.15, 0.2) is 0 Å². The average Bonchev–Trinajstić information content (AvgIpc) is 2.24. The Bertz CT molecular complexity index is 324. The molecule has 0 rings (SSSR count). The van der Waals surface area contributed by atoms with Gasteiger partial charge in [-0.25, -0.2) is 17.6 Å². The molecule has 1 N–H and O–H groups in total. The maximum atomic E-state index is 13.1. The Morgan fingerprint density at radius 2 is 1.44 bits per heavy atom. The van der Waals surface area contributed by atoms with Gasteiger partial charge in [0.1, 0.15) is 11.9 Å². The van der Waals surface area contributed by atoms with Gasteiger partial charge in [0.05, 0.1) is 6.67 Å². The van der Waals surface area contributed by atoms with Gasteiger partial charge in [0.25, 0.3) is 10.1 Å². The van der Waals surface area contributed by atoms with Crippen molar-refractivity contribution >= 4 is 10.1 Å². The second-order valence-corrected chi connectivity index (χ2v) is 5.35. The summed E-state index contributed by atoms with van der Waals surface area (Å²) >= 11 is 0. The fraction of sp³-hybridized carbons (Fsp3) is 1.00. The quantitative estimate of drug-likeness (QED) is 0.404. The number of alkyl halides is 5. The lowest BCUT2D eigenvalue weighted by molar-refractivity contribution is 0.0353. The highest BCUT2D eigenvalue weighted by atomic mass is 32.2. The maximum Gasteiger partial charge on any atom is 0.267 e.